The van der Waals surface area contributed by atoms with Gasteiger partial charge in [0.2, 0.25) is 0 Å². The Morgan fingerprint density at radius 1 is 1.00 bits per heavy atom. The number of rotatable bonds is 8. The molecule has 0 saturated heterocycles. The summed E-state index contributed by atoms with van der Waals surface area (Å²) >= 11 is 0. The number of carbonyl (C=O) groups is 2. The van der Waals surface area contributed by atoms with E-state index in [0.717, 1.165) is 41.3 Å². The molecule has 1 heterocycles. The van der Waals surface area contributed by atoms with Crippen LogP contribution in [0.3, 0.4) is 0 Å². The summed E-state index contributed by atoms with van der Waals surface area (Å²) in [5, 5.41) is 5.01. The quantitative estimate of drug-likeness (QED) is 0.432. The Bertz CT molecular complexity index is 1150. The van der Waals surface area contributed by atoms with Gasteiger partial charge in [0, 0.05) is 25.1 Å². The molecule has 6 heteroatoms. The van der Waals surface area contributed by atoms with Gasteiger partial charge in [-0.3, -0.25) is 4.79 Å². The van der Waals surface area contributed by atoms with Crippen LogP contribution in [0.2, 0.25) is 0 Å². The maximum atomic E-state index is 12.9. The molecule has 3 aromatic carbocycles. The van der Waals surface area contributed by atoms with Crippen molar-refractivity contribution in [1.29, 1.82) is 0 Å². The summed E-state index contributed by atoms with van der Waals surface area (Å²) < 4.78 is 11.7. The van der Waals surface area contributed by atoms with Gasteiger partial charge < -0.3 is 19.7 Å². The first-order chi connectivity index (χ1) is 16.8. The molecule has 1 aliphatic rings. The van der Waals surface area contributed by atoms with Crippen LogP contribution in [0.1, 0.15) is 49.5 Å². The Morgan fingerprint density at radius 2 is 1.74 bits per heavy atom. The van der Waals surface area contributed by atoms with Crippen molar-refractivity contribution >= 4 is 22.8 Å². The smallest absolute Gasteiger partial charge is 0.410 e. The minimum Gasteiger partial charge on any atom is -0.488 e. The van der Waals surface area contributed by atoms with E-state index < -0.39 is 5.60 Å². The van der Waals surface area contributed by atoms with Gasteiger partial charge >= 0.3 is 6.09 Å². The largest absolute Gasteiger partial charge is 0.488 e. The molecule has 1 aliphatic heterocycles. The van der Waals surface area contributed by atoms with Gasteiger partial charge in [0.25, 0.3) is 5.91 Å². The van der Waals surface area contributed by atoms with Gasteiger partial charge in [0.1, 0.15) is 17.5 Å². The van der Waals surface area contributed by atoms with Crippen LogP contribution < -0.4 is 10.1 Å². The first-order valence-electron chi connectivity index (χ1n) is 12.3. The number of nitrogens with zero attached hydrogens (tertiary/aromatic N) is 1. The maximum Gasteiger partial charge on any atom is 0.410 e. The fourth-order valence-corrected chi connectivity index (χ4v) is 4.33. The van der Waals surface area contributed by atoms with Crippen LogP contribution in [0.5, 0.6) is 5.75 Å². The molecule has 184 valence electrons. The van der Waals surface area contributed by atoms with E-state index in [0.29, 0.717) is 25.2 Å². The fraction of sp³-hybridized carbons (Fsp3) is 0.379. The minimum atomic E-state index is -0.568. The molecule has 0 fully saturated rings. The zero-order valence-electron chi connectivity index (χ0n) is 20.8. The van der Waals surface area contributed by atoms with Gasteiger partial charge in [-0.15, -0.1) is 0 Å². The normalized spacial score (nSPS) is 14.8. The van der Waals surface area contributed by atoms with Crippen LogP contribution in [-0.2, 0) is 11.2 Å². The first-order valence-corrected chi connectivity index (χ1v) is 12.3. The van der Waals surface area contributed by atoms with Crippen LogP contribution in [0, 0.1) is 0 Å². The lowest BCUT2D eigenvalue weighted by Gasteiger charge is -2.29. The van der Waals surface area contributed by atoms with Gasteiger partial charge in [-0.2, -0.15) is 0 Å². The Balaban J connectivity index is 1.29. The van der Waals surface area contributed by atoms with Gasteiger partial charge in [0.05, 0.1) is 6.54 Å². The van der Waals surface area contributed by atoms with Crippen molar-refractivity contribution in [1.82, 2.24) is 10.2 Å². The number of carbonyl (C=O) groups excluding carboxylic acids is 2. The lowest BCUT2D eigenvalue weighted by molar-refractivity contribution is 0.0179. The molecule has 1 N–H and O–H groups in total. The number of amides is 2. The van der Waals surface area contributed by atoms with Gasteiger partial charge in [0.15, 0.2) is 0 Å². The fourth-order valence-electron chi connectivity index (χ4n) is 4.33. The second-order valence-corrected chi connectivity index (χ2v) is 9.97. The molecular weight excluding hydrogens is 440 g/mol. The van der Waals surface area contributed by atoms with E-state index in [2.05, 4.69) is 11.4 Å². The standard InChI is InChI=1S/C29H34N2O4/c1-29(2,3)35-28(33)31(20-23-19-22-12-5-7-16-26(22)34-23)18-9-8-17-30-27(32)25-15-10-13-21-11-4-6-14-24(21)25/h4-7,10-16,23H,8-9,17-20H2,1-3H3,(H,30,32). The van der Waals surface area contributed by atoms with Crippen molar-refractivity contribution in [2.75, 3.05) is 19.6 Å². The summed E-state index contributed by atoms with van der Waals surface area (Å²) in [4.78, 5) is 27.4. The zero-order valence-corrected chi connectivity index (χ0v) is 20.8. The SMILES string of the molecule is CC(C)(C)OC(=O)N(CCCCNC(=O)c1cccc2ccccc12)CC1Cc2ccccc2O1. The molecule has 1 atom stereocenters. The van der Waals surface area contributed by atoms with E-state index in [1.807, 2.05) is 81.4 Å². The summed E-state index contributed by atoms with van der Waals surface area (Å²) in [6.07, 6.45) is 1.84. The molecule has 3 aromatic rings. The highest BCUT2D eigenvalue weighted by Crippen LogP contribution is 2.28. The molecule has 2 amide bonds. The average molecular weight is 475 g/mol. The summed E-state index contributed by atoms with van der Waals surface area (Å²) in [5.74, 6) is 0.806. The van der Waals surface area contributed by atoms with Crippen LogP contribution in [-0.4, -0.2) is 48.2 Å². The Morgan fingerprint density at radius 3 is 2.54 bits per heavy atom. The summed E-state index contributed by atoms with van der Waals surface area (Å²) in [7, 11) is 0. The van der Waals surface area contributed by atoms with E-state index in [1.165, 1.54) is 0 Å². The van der Waals surface area contributed by atoms with Gasteiger partial charge in [-0.25, -0.2) is 4.79 Å². The molecule has 0 aliphatic carbocycles. The number of hydrogen-bond donors (Lipinski definition) is 1. The molecule has 4 rings (SSSR count). The highest BCUT2D eigenvalue weighted by molar-refractivity contribution is 6.06. The third-order valence-electron chi connectivity index (χ3n) is 5.96. The molecule has 0 aromatic heterocycles. The third-order valence-corrected chi connectivity index (χ3v) is 5.96. The lowest BCUT2D eigenvalue weighted by Crippen LogP contribution is -2.43. The van der Waals surface area contributed by atoms with E-state index in [1.54, 1.807) is 4.90 Å². The van der Waals surface area contributed by atoms with Crippen LogP contribution >= 0.6 is 0 Å². The van der Waals surface area contributed by atoms with Crippen molar-refractivity contribution in [3.63, 3.8) is 0 Å². The highest BCUT2D eigenvalue weighted by atomic mass is 16.6. The highest BCUT2D eigenvalue weighted by Gasteiger charge is 2.29. The Labute approximate surface area is 207 Å². The summed E-state index contributed by atoms with van der Waals surface area (Å²) in [6.45, 7) is 7.15. The second-order valence-electron chi connectivity index (χ2n) is 9.97. The van der Waals surface area contributed by atoms with Crippen LogP contribution in [0.15, 0.2) is 66.7 Å². The number of para-hydroxylation sites is 1. The number of ether oxygens (including phenoxy) is 2. The van der Waals surface area contributed by atoms with Gasteiger partial charge in [-0.05, 0) is 62.1 Å². The lowest BCUT2D eigenvalue weighted by atomic mass is 10.0. The molecule has 6 nitrogen and oxygen atoms in total. The summed E-state index contributed by atoms with van der Waals surface area (Å²) in [6, 6.07) is 21.6. The van der Waals surface area contributed by atoms with Crippen LogP contribution in [0.25, 0.3) is 10.8 Å². The maximum absolute atomic E-state index is 12.9. The van der Waals surface area contributed by atoms with Crippen molar-refractivity contribution in [3.8, 4) is 5.75 Å². The third kappa shape index (κ3) is 6.53. The van der Waals surface area contributed by atoms with Crippen molar-refractivity contribution < 1.29 is 19.1 Å². The first kappa shape index (κ1) is 24.6. The van der Waals surface area contributed by atoms with E-state index in [-0.39, 0.29) is 18.1 Å². The number of benzene rings is 3. The summed E-state index contributed by atoms with van der Waals surface area (Å²) in [5.41, 5.74) is 1.27. The average Bonchev–Trinajstić information content (AvgIpc) is 3.24. The van der Waals surface area contributed by atoms with E-state index in [4.69, 9.17) is 9.47 Å². The molecule has 0 saturated carbocycles. The van der Waals surface area contributed by atoms with Crippen molar-refractivity contribution in [2.45, 2.75) is 51.7 Å². The Kier molecular flexibility index (Phi) is 7.59. The molecule has 0 bridgehead atoms. The molecular formula is C29H34N2O4. The molecule has 0 spiro atoms. The molecule has 35 heavy (non-hydrogen) atoms. The molecule has 0 radical (unpaired) electrons. The predicted molar refractivity (Wildman–Crippen MR) is 138 cm³/mol. The van der Waals surface area contributed by atoms with Gasteiger partial charge in [-0.1, -0.05) is 54.6 Å². The number of fused-ring (bicyclic) bond motifs is 2. The number of unbranched alkanes of at least 4 members (excludes halogenated alkanes) is 1. The van der Waals surface area contributed by atoms with Crippen LogP contribution in [0.4, 0.5) is 4.79 Å². The number of nitrogens with one attached hydrogen (secondary N) is 1. The molecule has 1 unspecified atom stereocenters. The van der Waals surface area contributed by atoms with E-state index >= 15 is 0 Å². The van der Waals surface area contributed by atoms with Crippen molar-refractivity contribution in [2.24, 2.45) is 0 Å². The topological polar surface area (TPSA) is 67.9 Å². The zero-order chi connectivity index (χ0) is 24.8. The van der Waals surface area contributed by atoms with E-state index in [9.17, 15) is 9.59 Å². The predicted octanol–water partition coefficient (Wildman–Crippen LogP) is 5.59. The Hall–Kier alpha value is -3.54. The number of hydrogen-bond acceptors (Lipinski definition) is 4. The second kappa shape index (κ2) is 10.8. The monoisotopic (exact) mass is 474 g/mol. The minimum absolute atomic E-state index is 0.0806. The van der Waals surface area contributed by atoms with Crippen molar-refractivity contribution in [3.05, 3.63) is 77.9 Å².